The van der Waals surface area contributed by atoms with Crippen molar-refractivity contribution in [3.63, 3.8) is 0 Å². The van der Waals surface area contributed by atoms with Crippen molar-refractivity contribution >= 4 is 33.8 Å². The Kier molecular flexibility index (Phi) is 6.56. The van der Waals surface area contributed by atoms with Crippen molar-refractivity contribution in [1.29, 1.82) is 0 Å². The normalized spacial score (nSPS) is 19.4. The zero-order valence-corrected chi connectivity index (χ0v) is 18.9. The summed E-state index contributed by atoms with van der Waals surface area (Å²) >= 11 is 3.39. The quantitative estimate of drug-likeness (QED) is 0.511. The number of nitrogens with zero attached hydrogens (tertiary/aromatic N) is 2. The number of imide groups is 2. The highest BCUT2D eigenvalue weighted by Crippen LogP contribution is 2.34. The van der Waals surface area contributed by atoms with E-state index in [4.69, 9.17) is 10.5 Å². The summed E-state index contributed by atoms with van der Waals surface area (Å²) in [6, 6.07) is 13.4. The fraction of sp³-hybridized carbons (Fsp3) is 0.318. The first-order chi connectivity index (χ1) is 15.4. The Morgan fingerprint density at radius 3 is 1.94 bits per heavy atom. The monoisotopic (exact) mass is 501 g/mol. The van der Waals surface area contributed by atoms with Crippen LogP contribution in [0.25, 0.3) is 0 Å². The van der Waals surface area contributed by atoms with Gasteiger partial charge in [0.1, 0.15) is 11.5 Å². The molecule has 0 unspecified atom stereocenters. The Morgan fingerprint density at radius 2 is 1.41 bits per heavy atom. The van der Waals surface area contributed by atoms with E-state index in [-0.39, 0.29) is 0 Å². The van der Waals surface area contributed by atoms with Crippen LogP contribution < -0.4 is 21.1 Å². The van der Waals surface area contributed by atoms with E-state index >= 15 is 0 Å². The van der Waals surface area contributed by atoms with Gasteiger partial charge in [-0.15, -0.1) is 0 Å². The first kappa shape index (κ1) is 22.4. The van der Waals surface area contributed by atoms with Gasteiger partial charge in [-0.25, -0.2) is 4.79 Å². The first-order valence-electron chi connectivity index (χ1n) is 10.3. The van der Waals surface area contributed by atoms with Crippen molar-refractivity contribution in [1.82, 2.24) is 20.4 Å². The lowest BCUT2D eigenvalue weighted by atomic mass is 9.84. The highest BCUT2D eigenvalue weighted by atomic mass is 79.9. The standard InChI is InChI=1S/C22H24BrN5O4/c23-16-3-7-18(8-4-16)32-17-5-1-15(2-6-17)22(19(29)25-21(31)26-20(22)30)28-13-11-27(10-9-24)12-14-28/h1-8H,9-14,24H2,(H2,25,26,29,30,31). The van der Waals surface area contributed by atoms with E-state index in [1.54, 1.807) is 24.3 Å². The summed E-state index contributed by atoms with van der Waals surface area (Å²) in [5.41, 5.74) is 4.48. The number of barbiturate groups is 1. The number of benzene rings is 2. The van der Waals surface area contributed by atoms with Gasteiger partial charge in [0.05, 0.1) is 0 Å². The van der Waals surface area contributed by atoms with Gasteiger partial charge < -0.3 is 10.5 Å². The lowest BCUT2D eigenvalue weighted by molar-refractivity contribution is -0.150. The second-order valence-corrected chi connectivity index (χ2v) is 8.56. The summed E-state index contributed by atoms with van der Waals surface area (Å²) < 4.78 is 6.80. The molecule has 2 saturated heterocycles. The maximum Gasteiger partial charge on any atom is 0.328 e. The summed E-state index contributed by atoms with van der Waals surface area (Å²) in [5.74, 6) is -0.0858. The molecule has 0 atom stereocenters. The van der Waals surface area contributed by atoms with E-state index in [1.165, 1.54) is 0 Å². The number of rotatable bonds is 6. The van der Waals surface area contributed by atoms with Crippen LogP contribution in [0.1, 0.15) is 5.56 Å². The molecule has 0 radical (unpaired) electrons. The predicted molar refractivity (Wildman–Crippen MR) is 121 cm³/mol. The van der Waals surface area contributed by atoms with Crippen LogP contribution in [-0.2, 0) is 15.1 Å². The molecular weight excluding hydrogens is 478 g/mol. The molecule has 168 valence electrons. The van der Waals surface area contributed by atoms with Gasteiger partial charge in [0.25, 0.3) is 11.8 Å². The van der Waals surface area contributed by atoms with Gasteiger partial charge in [-0.2, -0.15) is 0 Å². The van der Waals surface area contributed by atoms with Crippen LogP contribution in [0, 0.1) is 0 Å². The van der Waals surface area contributed by atoms with Gasteiger partial charge in [-0.1, -0.05) is 28.1 Å². The number of halogens is 1. The minimum Gasteiger partial charge on any atom is -0.457 e. The average molecular weight is 502 g/mol. The minimum atomic E-state index is -1.64. The minimum absolute atomic E-state index is 0.468. The fourth-order valence-corrected chi connectivity index (χ4v) is 4.41. The Morgan fingerprint density at radius 1 is 0.875 bits per heavy atom. The third-order valence-corrected chi connectivity index (χ3v) is 6.25. The zero-order chi connectivity index (χ0) is 22.7. The van der Waals surface area contributed by atoms with Gasteiger partial charge in [0, 0.05) is 43.7 Å². The number of nitrogens with one attached hydrogen (secondary N) is 2. The number of nitrogens with two attached hydrogens (primary N) is 1. The van der Waals surface area contributed by atoms with Gasteiger partial charge in [-0.05, 0) is 42.0 Å². The fourth-order valence-electron chi connectivity index (χ4n) is 4.15. The van der Waals surface area contributed by atoms with E-state index in [0.29, 0.717) is 49.8 Å². The molecule has 0 spiro atoms. The van der Waals surface area contributed by atoms with Crippen LogP contribution >= 0.6 is 15.9 Å². The molecule has 2 heterocycles. The van der Waals surface area contributed by atoms with Crippen LogP contribution in [0.5, 0.6) is 11.5 Å². The van der Waals surface area contributed by atoms with E-state index < -0.39 is 23.4 Å². The lowest BCUT2D eigenvalue weighted by Gasteiger charge is -2.46. The summed E-state index contributed by atoms with van der Waals surface area (Å²) in [5, 5.41) is 4.54. The summed E-state index contributed by atoms with van der Waals surface area (Å²) in [6.07, 6.45) is 0. The number of carbonyl (C=O) groups excluding carboxylic acids is 3. The number of carbonyl (C=O) groups is 3. The molecule has 4 N–H and O–H groups in total. The van der Waals surface area contributed by atoms with Crippen LogP contribution in [0.3, 0.4) is 0 Å². The second-order valence-electron chi connectivity index (χ2n) is 7.65. The highest BCUT2D eigenvalue weighted by Gasteiger charge is 2.56. The van der Waals surface area contributed by atoms with E-state index in [9.17, 15) is 14.4 Å². The average Bonchev–Trinajstić information content (AvgIpc) is 2.77. The number of piperazine rings is 1. The molecule has 2 aliphatic rings. The van der Waals surface area contributed by atoms with Crippen LogP contribution in [0.15, 0.2) is 53.0 Å². The summed E-state index contributed by atoms with van der Waals surface area (Å²) in [4.78, 5) is 42.1. The van der Waals surface area contributed by atoms with Crippen molar-refractivity contribution < 1.29 is 19.1 Å². The van der Waals surface area contributed by atoms with Gasteiger partial charge >= 0.3 is 6.03 Å². The molecular formula is C22H24BrN5O4. The Bertz CT molecular complexity index is 984. The zero-order valence-electron chi connectivity index (χ0n) is 17.3. The van der Waals surface area contributed by atoms with E-state index in [0.717, 1.165) is 11.0 Å². The van der Waals surface area contributed by atoms with Gasteiger partial charge in [-0.3, -0.25) is 30.0 Å². The Balaban J connectivity index is 1.63. The van der Waals surface area contributed by atoms with Crippen molar-refractivity contribution in [3.05, 3.63) is 58.6 Å². The molecule has 0 saturated carbocycles. The molecule has 10 heteroatoms. The third kappa shape index (κ3) is 4.26. The molecule has 0 bridgehead atoms. The van der Waals surface area contributed by atoms with Crippen molar-refractivity contribution in [2.24, 2.45) is 5.73 Å². The first-order valence-corrected chi connectivity index (χ1v) is 11.1. The summed E-state index contributed by atoms with van der Waals surface area (Å²) in [7, 11) is 0. The number of hydrogen-bond donors (Lipinski definition) is 3. The van der Waals surface area contributed by atoms with Gasteiger partial charge in [0.15, 0.2) is 0 Å². The summed E-state index contributed by atoms with van der Waals surface area (Å²) in [6.45, 7) is 3.58. The molecule has 2 fully saturated rings. The molecule has 0 aliphatic carbocycles. The number of urea groups is 1. The van der Waals surface area contributed by atoms with Crippen LogP contribution in [0.4, 0.5) is 4.79 Å². The Hall–Kier alpha value is -2.79. The van der Waals surface area contributed by atoms with Crippen molar-refractivity contribution in [2.45, 2.75) is 5.54 Å². The Labute approximate surface area is 194 Å². The molecule has 4 amide bonds. The molecule has 2 aromatic rings. The number of amides is 4. The van der Waals surface area contributed by atoms with E-state index in [2.05, 4.69) is 31.5 Å². The maximum atomic E-state index is 13.1. The molecule has 2 aromatic carbocycles. The topological polar surface area (TPSA) is 117 Å². The number of ether oxygens (including phenoxy) is 1. The van der Waals surface area contributed by atoms with Gasteiger partial charge in [0.2, 0.25) is 5.54 Å². The SMILES string of the molecule is NCCN1CCN(C2(c3ccc(Oc4ccc(Br)cc4)cc3)C(=O)NC(=O)NC2=O)CC1. The number of hydrogen-bond acceptors (Lipinski definition) is 7. The van der Waals surface area contributed by atoms with Crippen molar-refractivity contribution in [3.8, 4) is 11.5 Å². The largest absolute Gasteiger partial charge is 0.457 e. The van der Waals surface area contributed by atoms with Crippen LogP contribution in [0.2, 0.25) is 0 Å². The molecule has 32 heavy (non-hydrogen) atoms. The van der Waals surface area contributed by atoms with Crippen molar-refractivity contribution in [2.75, 3.05) is 39.3 Å². The molecule has 4 rings (SSSR count). The van der Waals surface area contributed by atoms with Crippen LogP contribution in [-0.4, -0.2) is 66.9 Å². The predicted octanol–water partition coefficient (Wildman–Crippen LogP) is 1.38. The highest BCUT2D eigenvalue weighted by molar-refractivity contribution is 9.10. The lowest BCUT2D eigenvalue weighted by Crippen LogP contribution is -2.72. The maximum absolute atomic E-state index is 13.1. The molecule has 9 nitrogen and oxygen atoms in total. The third-order valence-electron chi connectivity index (χ3n) is 5.72. The van der Waals surface area contributed by atoms with E-state index in [1.807, 2.05) is 29.2 Å². The molecule has 2 aliphatic heterocycles. The smallest absolute Gasteiger partial charge is 0.328 e. The second kappa shape index (κ2) is 9.37. The molecule has 0 aromatic heterocycles.